The molecule has 0 atom stereocenters. The third kappa shape index (κ3) is 3.44. The minimum absolute atomic E-state index is 0.0894. The summed E-state index contributed by atoms with van der Waals surface area (Å²) in [5, 5.41) is 24.8. The first-order chi connectivity index (χ1) is 12.4. The van der Waals surface area contributed by atoms with Crippen molar-refractivity contribution in [2.75, 3.05) is 5.32 Å². The van der Waals surface area contributed by atoms with Gasteiger partial charge in [0.15, 0.2) is 5.76 Å². The molecule has 0 saturated heterocycles. The van der Waals surface area contributed by atoms with E-state index in [1.165, 1.54) is 0 Å². The smallest absolute Gasteiger partial charge is 0.433 e. The van der Waals surface area contributed by atoms with Crippen LogP contribution in [0.5, 0.6) is 0 Å². The number of carboxylic acids is 1. The number of hydrogen-bond acceptors (Lipinski definition) is 6. The largest absolute Gasteiger partial charge is 0.478 e. The summed E-state index contributed by atoms with van der Waals surface area (Å²) in [4.78, 5) is 33.7. The summed E-state index contributed by atoms with van der Waals surface area (Å²) in [6.07, 6.45) is 0. The molecule has 3 aromatic rings. The summed E-state index contributed by atoms with van der Waals surface area (Å²) < 4.78 is 4.82. The predicted molar refractivity (Wildman–Crippen MR) is 95.0 cm³/mol. The maximum absolute atomic E-state index is 12.2. The Bertz CT molecular complexity index is 1010. The molecule has 26 heavy (non-hydrogen) atoms. The van der Waals surface area contributed by atoms with Crippen LogP contribution in [0, 0.1) is 10.1 Å². The van der Waals surface area contributed by atoms with Gasteiger partial charge in [-0.15, -0.1) is 11.3 Å². The van der Waals surface area contributed by atoms with Crippen molar-refractivity contribution >= 4 is 45.7 Å². The second kappa shape index (κ2) is 6.98. The van der Waals surface area contributed by atoms with Gasteiger partial charge in [0.05, 0.1) is 6.07 Å². The van der Waals surface area contributed by atoms with E-state index < -0.39 is 22.7 Å². The maximum atomic E-state index is 12.2. The Morgan fingerprint density at radius 3 is 2.46 bits per heavy atom. The average molecular weight is 393 g/mol. The van der Waals surface area contributed by atoms with Gasteiger partial charge >= 0.3 is 11.9 Å². The maximum Gasteiger partial charge on any atom is 0.433 e. The zero-order valence-corrected chi connectivity index (χ0v) is 14.3. The molecule has 10 heteroatoms. The minimum Gasteiger partial charge on any atom is -0.478 e. The van der Waals surface area contributed by atoms with Crippen LogP contribution in [0.3, 0.4) is 0 Å². The van der Waals surface area contributed by atoms with E-state index in [1.54, 1.807) is 29.6 Å². The summed E-state index contributed by atoms with van der Waals surface area (Å²) in [5.74, 6) is -2.89. The van der Waals surface area contributed by atoms with Gasteiger partial charge in [0.25, 0.3) is 5.91 Å². The van der Waals surface area contributed by atoms with Gasteiger partial charge in [-0.25, -0.2) is 4.79 Å². The van der Waals surface area contributed by atoms with Crippen LogP contribution < -0.4 is 5.32 Å². The number of thiophene rings is 1. The Morgan fingerprint density at radius 2 is 1.88 bits per heavy atom. The molecule has 0 spiro atoms. The highest BCUT2D eigenvalue weighted by molar-refractivity contribution is 7.15. The van der Waals surface area contributed by atoms with E-state index in [9.17, 15) is 24.8 Å². The number of amides is 1. The molecule has 3 rings (SSSR count). The molecule has 0 unspecified atom stereocenters. The van der Waals surface area contributed by atoms with Crippen molar-refractivity contribution in [1.29, 1.82) is 0 Å². The number of hydrogen-bond donors (Lipinski definition) is 2. The number of anilines is 1. The summed E-state index contributed by atoms with van der Waals surface area (Å²) >= 11 is 6.86. The van der Waals surface area contributed by atoms with Gasteiger partial charge in [0.1, 0.15) is 15.5 Å². The van der Waals surface area contributed by atoms with E-state index in [4.69, 9.17) is 16.0 Å². The first kappa shape index (κ1) is 17.6. The molecule has 1 amide bonds. The molecule has 2 aromatic heterocycles. The van der Waals surface area contributed by atoms with Crippen LogP contribution in [0.4, 0.5) is 10.9 Å². The lowest BCUT2D eigenvalue weighted by Gasteiger charge is -2.05. The summed E-state index contributed by atoms with van der Waals surface area (Å²) in [6.45, 7) is 0. The standard InChI is InChI=1S/C16H9ClN2O6S/c17-9-3-1-8(2-4-9)10-7-26-15(13(10)16(21)22)18-14(20)11-5-6-12(25-11)19(23)24/h1-7H,(H,18,20)(H,21,22). The average Bonchev–Trinajstić information content (AvgIpc) is 3.22. The van der Waals surface area contributed by atoms with Crippen LogP contribution in [0.15, 0.2) is 46.2 Å². The number of carbonyl (C=O) groups is 2. The lowest BCUT2D eigenvalue weighted by atomic mass is 10.0. The van der Waals surface area contributed by atoms with E-state index in [2.05, 4.69) is 5.32 Å². The number of furan rings is 1. The number of nitro groups is 1. The molecule has 0 fully saturated rings. The van der Waals surface area contributed by atoms with E-state index in [1.807, 2.05) is 0 Å². The SMILES string of the molecule is O=C(Nc1scc(-c2ccc(Cl)cc2)c1C(=O)O)c1ccc([N+](=O)[O-])o1. The van der Waals surface area contributed by atoms with Gasteiger partial charge < -0.3 is 14.8 Å². The second-order valence-electron chi connectivity index (χ2n) is 5.01. The zero-order valence-electron chi connectivity index (χ0n) is 12.8. The number of rotatable bonds is 5. The van der Waals surface area contributed by atoms with Crippen LogP contribution >= 0.6 is 22.9 Å². The highest BCUT2D eigenvalue weighted by Gasteiger charge is 2.23. The third-order valence-corrected chi connectivity index (χ3v) is 4.53. The first-order valence-electron chi connectivity index (χ1n) is 7.03. The fraction of sp³-hybridized carbons (Fsp3) is 0. The van der Waals surface area contributed by atoms with Crippen molar-refractivity contribution < 1.29 is 24.0 Å². The van der Waals surface area contributed by atoms with Gasteiger partial charge in [-0.2, -0.15) is 0 Å². The predicted octanol–water partition coefficient (Wildman–Crippen LogP) is 4.52. The number of benzene rings is 1. The van der Waals surface area contributed by atoms with Crippen molar-refractivity contribution in [3.8, 4) is 11.1 Å². The summed E-state index contributed by atoms with van der Waals surface area (Å²) in [7, 11) is 0. The highest BCUT2D eigenvalue weighted by atomic mass is 35.5. The molecule has 0 aliphatic rings. The fourth-order valence-corrected chi connectivity index (χ4v) is 3.30. The molecule has 0 radical (unpaired) electrons. The topological polar surface area (TPSA) is 123 Å². The molecular formula is C16H9ClN2O6S. The fourth-order valence-electron chi connectivity index (χ4n) is 2.22. The van der Waals surface area contributed by atoms with E-state index >= 15 is 0 Å². The quantitative estimate of drug-likeness (QED) is 0.486. The lowest BCUT2D eigenvalue weighted by Crippen LogP contribution is -2.12. The van der Waals surface area contributed by atoms with Crippen LogP contribution in [-0.2, 0) is 0 Å². The Labute approximate surface area is 154 Å². The van der Waals surface area contributed by atoms with Crippen molar-refractivity contribution in [3.05, 3.63) is 68.2 Å². The number of aromatic carboxylic acids is 1. The second-order valence-corrected chi connectivity index (χ2v) is 6.33. The van der Waals surface area contributed by atoms with Gasteiger partial charge in [0.2, 0.25) is 0 Å². The Kier molecular flexibility index (Phi) is 4.74. The van der Waals surface area contributed by atoms with E-state index in [0.29, 0.717) is 16.1 Å². The zero-order chi connectivity index (χ0) is 18.8. The molecule has 1 aromatic carbocycles. The molecule has 132 valence electrons. The minimum atomic E-state index is -1.23. The molecular weight excluding hydrogens is 384 g/mol. The summed E-state index contributed by atoms with van der Waals surface area (Å²) in [6, 6.07) is 8.76. The molecule has 0 bridgehead atoms. The Hall–Kier alpha value is -3.17. The number of carboxylic acid groups (broad SMARTS) is 1. The van der Waals surface area contributed by atoms with Crippen LogP contribution in [0.2, 0.25) is 5.02 Å². The molecule has 0 aliphatic heterocycles. The number of halogens is 1. The molecule has 2 N–H and O–H groups in total. The van der Waals surface area contributed by atoms with Crippen molar-refractivity contribution in [2.24, 2.45) is 0 Å². The van der Waals surface area contributed by atoms with Crippen LogP contribution in [0.25, 0.3) is 11.1 Å². The summed E-state index contributed by atoms with van der Waals surface area (Å²) in [5.41, 5.74) is 0.948. The number of nitrogens with one attached hydrogen (secondary N) is 1. The van der Waals surface area contributed by atoms with Gasteiger partial charge in [-0.05, 0) is 23.8 Å². The Balaban J connectivity index is 1.92. The van der Waals surface area contributed by atoms with Gasteiger partial charge in [0, 0.05) is 16.0 Å². The lowest BCUT2D eigenvalue weighted by molar-refractivity contribution is -0.402. The van der Waals surface area contributed by atoms with Crippen LogP contribution in [-0.4, -0.2) is 21.9 Å². The normalized spacial score (nSPS) is 10.5. The first-order valence-corrected chi connectivity index (χ1v) is 8.29. The van der Waals surface area contributed by atoms with Gasteiger partial charge in [-0.3, -0.25) is 14.9 Å². The highest BCUT2D eigenvalue weighted by Crippen LogP contribution is 2.36. The van der Waals surface area contributed by atoms with Crippen LogP contribution in [0.1, 0.15) is 20.9 Å². The van der Waals surface area contributed by atoms with E-state index in [-0.39, 0.29) is 16.3 Å². The van der Waals surface area contributed by atoms with Gasteiger partial charge in [-0.1, -0.05) is 23.7 Å². The third-order valence-electron chi connectivity index (χ3n) is 3.38. The molecule has 0 saturated carbocycles. The Morgan fingerprint density at radius 1 is 1.19 bits per heavy atom. The number of nitrogens with zero attached hydrogens (tertiary/aromatic N) is 1. The van der Waals surface area contributed by atoms with Crippen molar-refractivity contribution in [2.45, 2.75) is 0 Å². The molecule has 8 nitrogen and oxygen atoms in total. The molecule has 0 aliphatic carbocycles. The molecule has 2 heterocycles. The number of carbonyl (C=O) groups excluding carboxylic acids is 1. The monoisotopic (exact) mass is 392 g/mol. The van der Waals surface area contributed by atoms with Crippen molar-refractivity contribution in [3.63, 3.8) is 0 Å². The van der Waals surface area contributed by atoms with Crippen molar-refractivity contribution in [1.82, 2.24) is 0 Å². The van der Waals surface area contributed by atoms with E-state index in [0.717, 1.165) is 23.5 Å².